The van der Waals surface area contributed by atoms with Gasteiger partial charge in [-0.1, -0.05) is 13.0 Å². The lowest BCUT2D eigenvalue weighted by molar-refractivity contribution is -0.0161. The van der Waals surface area contributed by atoms with Crippen LogP contribution in [-0.2, 0) is 11.2 Å². The molecule has 1 aliphatic heterocycles. The third-order valence-electron chi connectivity index (χ3n) is 2.97. The number of aliphatic hydroxyl groups is 1. The quantitative estimate of drug-likeness (QED) is 0.815. The molecule has 0 amide bonds. The van der Waals surface area contributed by atoms with Gasteiger partial charge in [-0.15, -0.1) is 0 Å². The molecule has 1 aromatic rings. The number of ether oxygens (including phenoxy) is 1. The molecule has 0 saturated carbocycles. The molecule has 15 heavy (non-hydrogen) atoms. The molecule has 3 nitrogen and oxygen atoms in total. The summed E-state index contributed by atoms with van der Waals surface area (Å²) in [6.07, 6.45) is 2.92. The number of aromatic nitrogens is 1. The fourth-order valence-electron chi connectivity index (χ4n) is 2.06. The van der Waals surface area contributed by atoms with Gasteiger partial charge in [0.05, 0.1) is 12.2 Å². The van der Waals surface area contributed by atoms with E-state index in [1.165, 1.54) is 0 Å². The highest BCUT2D eigenvalue weighted by Gasteiger charge is 2.30. The Hall–Kier alpha value is -0.930. The maximum atomic E-state index is 10.0. The Kier molecular flexibility index (Phi) is 3.34. The summed E-state index contributed by atoms with van der Waals surface area (Å²) >= 11 is 0. The first kappa shape index (κ1) is 10.6. The fourth-order valence-corrected chi connectivity index (χ4v) is 2.06. The van der Waals surface area contributed by atoms with Crippen LogP contribution in [0.25, 0.3) is 0 Å². The van der Waals surface area contributed by atoms with Crippen molar-refractivity contribution in [3.8, 4) is 0 Å². The third-order valence-corrected chi connectivity index (χ3v) is 2.97. The lowest BCUT2D eigenvalue weighted by Gasteiger charge is -2.20. The van der Waals surface area contributed by atoms with Crippen LogP contribution in [0.2, 0.25) is 0 Å². The molecule has 2 heterocycles. The van der Waals surface area contributed by atoms with Crippen molar-refractivity contribution in [1.29, 1.82) is 0 Å². The zero-order chi connectivity index (χ0) is 10.7. The Morgan fingerprint density at radius 3 is 3.07 bits per heavy atom. The molecule has 1 aromatic heterocycles. The fraction of sp³-hybridized carbons (Fsp3) is 0.583. The molecule has 3 atom stereocenters. The first-order valence-corrected chi connectivity index (χ1v) is 5.47. The van der Waals surface area contributed by atoms with Crippen molar-refractivity contribution in [2.24, 2.45) is 5.92 Å². The summed E-state index contributed by atoms with van der Waals surface area (Å²) in [5, 5.41) is 10.0. The van der Waals surface area contributed by atoms with E-state index in [2.05, 4.69) is 11.9 Å². The van der Waals surface area contributed by atoms with E-state index in [-0.39, 0.29) is 6.10 Å². The number of hydrogen-bond donors (Lipinski definition) is 1. The molecule has 0 spiro atoms. The largest absolute Gasteiger partial charge is 0.390 e. The molecular weight excluding hydrogens is 190 g/mol. The van der Waals surface area contributed by atoms with Crippen molar-refractivity contribution in [3.05, 3.63) is 30.1 Å². The normalized spacial score (nSPS) is 27.9. The lowest BCUT2D eigenvalue weighted by atomic mass is 9.96. The highest BCUT2D eigenvalue weighted by molar-refractivity contribution is 5.05. The molecule has 0 aromatic carbocycles. The summed E-state index contributed by atoms with van der Waals surface area (Å²) in [5.74, 6) is 0.448. The van der Waals surface area contributed by atoms with E-state index in [0.717, 1.165) is 18.7 Å². The van der Waals surface area contributed by atoms with Crippen molar-refractivity contribution in [1.82, 2.24) is 4.98 Å². The average Bonchev–Trinajstić information content (AvgIpc) is 2.66. The second-order valence-corrected chi connectivity index (χ2v) is 4.19. The van der Waals surface area contributed by atoms with Gasteiger partial charge in [-0.3, -0.25) is 4.98 Å². The van der Waals surface area contributed by atoms with Crippen molar-refractivity contribution >= 4 is 0 Å². The minimum atomic E-state index is -0.433. The van der Waals surface area contributed by atoms with Gasteiger partial charge in [0.25, 0.3) is 0 Å². The monoisotopic (exact) mass is 207 g/mol. The van der Waals surface area contributed by atoms with Gasteiger partial charge in [0, 0.05) is 24.9 Å². The van der Waals surface area contributed by atoms with E-state index in [9.17, 15) is 5.11 Å². The van der Waals surface area contributed by atoms with Gasteiger partial charge in [0.2, 0.25) is 0 Å². The molecule has 82 valence electrons. The van der Waals surface area contributed by atoms with Gasteiger partial charge in [-0.05, 0) is 24.5 Å². The molecule has 1 fully saturated rings. The van der Waals surface area contributed by atoms with E-state index in [1.807, 2.05) is 18.2 Å². The van der Waals surface area contributed by atoms with Crippen LogP contribution in [0, 0.1) is 5.92 Å². The van der Waals surface area contributed by atoms with Crippen LogP contribution in [0.4, 0.5) is 0 Å². The minimum Gasteiger partial charge on any atom is -0.390 e. The maximum absolute atomic E-state index is 10.0. The number of pyridine rings is 1. The summed E-state index contributed by atoms with van der Waals surface area (Å²) in [5.41, 5.74) is 0.924. The first-order chi connectivity index (χ1) is 7.27. The summed E-state index contributed by atoms with van der Waals surface area (Å²) in [4.78, 5) is 4.20. The molecular formula is C12H17NO2. The average molecular weight is 207 g/mol. The van der Waals surface area contributed by atoms with Gasteiger partial charge >= 0.3 is 0 Å². The lowest BCUT2D eigenvalue weighted by Crippen LogP contribution is -2.32. The van der Waals surface area contributed by atoms with Gasteiger partial charge in [0.1, 0.15) is 0 Å². The first-order valence-electron chi connectivity index (χ1n) is 5.47. The second kappa shape index (κ2) is 4.73. The van der Waals surface area contributed by atoms with Gasteiger partial charge in [0.15, 0.2) is 0 Å². The van der Waals surface area contributed by atoms with Crippen LogP contribution in [-0.4, -0.2) is 28.9 Å². The highest BCUT2D eigenvalue weighted by Crippen LogP contribution is 2.24. The number of hydrogen-bond acceptors (Lipinski definition) is 3. The molecule has 0 aliphatic carbocycles. The van der Waals surface area contributed by atoms with Crippen molar-refractivity contribution < 1.29 is 9.84 Å². The van der Waals surface area contributed by atoms with E-state index in [4.69, 9.17) is 4.74 Å². The Morgan fingerprint density at radius 2 is 2.47 bits per heavy atom. The molecule has 1 aliphatic rings. The summed E-state index contributed by atoms with van der Waals surface area (Å²) in [6, 6.07) is 5.75. The maximum Gasteiger partial charge on any atom is 0.0864 e. The van der Waals surface area contributed by atoms with Crippen LogP contribution >= 0.6 is 0 Å². The predicted octanol–water partition coefficient (Wildman–Crippen LogP) is 1.41. The Morgan fingerprint density at radius 1 is 1.60 bits per heavy atom. The van der Waals surface area contributed by atoms with E-state index < -0.39 is 6.10 Å². The number of nitrogens with zero attached hydrogens (tertiary/aromatic N) is 1. The SMILES string of the molecule is CC1CCOC1C(O)Cc1ccccn1. The van der Waals surface area contributed by atoms with Gasteiger partial charge in [-0.25, -0.2) is 0 Å². The van der Waals surface area contributed by atoms with Crippen molar-refractivity contribution in [3.63, 3.8) is 0 Å². The molecule has 3 heteroatoms. The molecule has 3 unspecified atom stereocenters. The summed E-state index contributed by atoms with van der Waals surface area (Å²) in [6.45, 7) is 2.89. The predicted molar refractivity (Wildman–Crippen MR) is 57.5 cm³/mol. The zero-order valence-corrected chi connectivity index (χ0v) is 8.97. The van der Waals surface area contributed by atoms with Crippen molar-refractivity contribution in [2.75, 3.05) is 6.61 Å². The molecule has 2 rings (SSSR count). The number of aliphatic hydroxyl groups excluding tert-OH is 1. The van der Waals surface area contributed by atoms with Crippen LogP contribution in [0.3, 0.4) is 0 Å². The molecule has 0 radical (unpaired) electrons. The standard InChI is InChI=1S/C12H17NO2/c1-9-5-7-15-12(9)11(14)8-10-4-2-3-6-13-10/h2-4,6,9,11-12,14H,5,7-8H2,1H3. The van der Waals surface area contributed by atoms with Crippen LogP contribution < -0.4 is 0 Å². The summed E-state index contributed by atoms with van der Waals surface area (Å²) < 4.78 is 5.52. The summed E-state index contributed by atoms with van der Waals surface area (Å²) in [7, 11) is 0. The zero-order valence-electron chi connectivity index (χ0n) is 8.97. The minimum absolute atomic E-state index is 0.0213. The Labute approximate surface area is 90.1 Å². The van der Waals surface area contributed by atoms with E-state index in [0.29, 0.717) is 12.3 Å². The number of rotatable bonds is 3. The van der Waals surface area contributed by atoms with E-state index >= 15 is 0 Å². The molecule has 0 bridgehead atoms. The highest BCUT2D eigenvalue weighted by atomic mass is 16.5. The second-order valence-electron chi connectivity index (χ2n) is 4.19. The van der Waals surface area contributed by atoms with Gasteiger partial charge in [-0.2, -0.15) is 0 Å². The van der Waals surface area contributed by atoms with Gasteiger partial charge < -0.3 is 9.84 Å². The van der Waals surface area contributed by atoms with Crippen LogP contribution in [0.1, 0.15) is 19.0 Å². The smallest absolute Gasteiger partial charge is 0.0864 e. The molecule has 1 N–H and O–H groups in total. The molecule has 1 saturated heterocycles. The van der Waals surface area contributed by atoms with Crippen LogP contribution in [0.15, 0.2) is 24.4 Å². The Balaban J connectivity index is 1.94. The topological polar surface area (TPSA) is 42.4 Å². The Bertz CT molecular complexity index is 302. The van der Waals surface area contributed by atoms with Crippen molar-refractivity contribution in [2.45, 2.75) is 32.0 Å². The van der Waals surface area contributed by atoms with Crippen LogP contribution in [0.5, 0.6) is 0 Å². The third kappa shape index (κ3) is 2.55. The van der Waals surface area contributed by atoms with E-state index in [1.54, 1.807) is 6.20 Å².